The highest BCUT2D eigenvalue weighted by atomic mass is 35.5. The van der Waals surface area contributed by atoms with Crippen molar-refractivity contribution in [1.82, 2.24) is 9.97 Å². The summed E-state index contributed by atoms with van der Waals surface area (Å²) >= 11 is 12.9. The van der Waals surface area contributed by atoms with Crippen molar-refractivity contribution in [1.29, 1.82) is 0 Å². The average molecular weight is 374 g/mol. The SMILES string of the molecule is CCOC(=O)c1cnc(SCC(=O)Nc2ccc(Cl)cc2Cl)[nH]1. The third-order valence-corrected chi connectivity index (χ3v) is 4.03. The van der Waals surface area contributed by atoms with E-state index >= 15 is 0 Å². The normalized spacial score (nSPS) is 10.4. The predicted octanol–water partition coefficient (Wildman–Crippen LogP) is 3.62. The highest BCUT2D eigenvalue weighted by Crippen LogP contribution is 2.25. The second kappa shape index (κ2) is 8.24. The molecule has 6 nitrogen and oxygen atoms in total. The van der Waals surface area contributed by atoms with E-state index in [9.17, 15) is 9.59 Å². The van der Waals surface area contributed by atoms with E-state index in [0.29, 0.717) is 20.9 Å². The van der Waals surface area contributed by atoms with E-state index in [-0.39, 0.29) is 24.0 Å². The maximum Gasteiger partial charge on any atom is 0.356 e. The molecule has 0 spiro atoms. The van der Waals surface area contributed by atoms with Gasteiger partial charge < -0.3 is 15.0 Å². The molecule has 0 fully saturated rings. The molecule has 0 saturated carbocycles. The van der Waals surface area contributed by atoms with E-state index in [0.717, 1.165) is 11.8 Å². The number of carbonyl (C=O) groups excluding carboxylic acids is 2. The number of esters is 1. The molecule has 1 aromatic heterocycles. The molecule has 9 heteroatoms. The minimum absolute atomic E-state index is 0.106. The van der Waals surface area contributed by atoms with Crippen molar-refractivity contribution in [2.45, 2.75) is 12.1 Å². The van der Waals surface area contributed by atoms with E-state index in [1.165, 1.54) is 6.20 Å². The number of benzene rings is 1. The van der Waals surface area contributed by atoms with Crippen LogP contribution in [0, 0.1) is 0 Å². The molecule has 2 rings (SSSR count). The fourth-order valence-electron chi connectivity index (χ4n) is 1.60. The molecule has 0 unspecified atom stereocenters. The number of aromatic amines is 1. The standard InChI is InChI=1S/C14H13Cl2N3O3S/c1-2-22-13(21)11-6-17-14(19-11)23-7-12(20)18-10-4-3-8(15)5-9(10)16/h3-6H,2,7H2,1H3,(H,17,19)(H,18,20). The van der Waals surface area contributed by atoms with E-state index in [2.05, 4.69) is 15.3 Å². The number of ether oxygens (including phenoxy) is 1. The lowest BCUT2D eigenvalue weighted by Crippen LogP contribution is -2.14. The molecule has 0 atom stereocenters. The Labute approximate surface area is 146 Å². The van der Waals surface area contributed by atoms with Crippen molar-refractivity contribution < 1.29 is 14.3 Å². The van der Waals surface area contributed by atoms with Gasteiger partial charge in [-0.2, -0.15) is 0 Å². The zero-order valence-electron chi connectivity index (χ0n) is 12.1. The molecule has 23 heavy (non-hydrogen) atoms. The number of anilines is 1. The third kappa shape index (κ3) is 5.16. The minimum atomic E-state index is -0.482. The molecule has 0 aliphatic carbocycles. The fourth-order valence-corrected chi connectivity index (χ4v) is 2.70. The van der Waals surface area contributed by atoms with Crippen molar-refractivity contribution in [2.24, 2.45) is 0 Å². The van der Waals surface area contributed by atoms with E-state index in [1.807, 2.05) is 0 Å². The van der Waals surface area contributed by atoms with Crippen LogP contribution in [0.25, 0.3) is 0 Å². The number of H-pyrrole nitrogens is 1. The Bertz CT molecular complexity index is 721. The Hall–Kier alpha value is -1.70. The minimum Gasteiger partial charge on any atom is -0.461 e. The summed E-state index contributed by atoms with van der Waals surface area (Å²) in [5.41, 5.74) is 0.726. The molecule has 2 N–H and O–H groups in total. The van der Waals surface area contributed by atoms with Crippen LogP contribution in [0.3, 0.4) is 0 Å². The molecule has 1 amide bonds. The molecule has 0 saturated heterocycles. The van der Waals surface area contributed by atoms with Gasteiger partial charge in [-0.05, 0) is 25.1 Å². The van der Waals surface area contributed by atoms with Crippen molar-refractivity contribution >= 4 is 52.5 Å². The number of amides is 1. The van der Waals surface area contributed by atoms with Gasteiger partial charge in [0.05, 0.1) is 29.3 Å². The fraction of sp³-hybridized carbons (Fsp3) is 0.214. The number of imidazole rings is 1. The second-order valence-corrected chi connectivity index (χ2v) is 6.09. The van der Waals surface area contributed by atoms with Crippen molar-refractivity contribution in [3.63, 3.8) is 0 Å². The van der Waals surface area contributed by atoms with Crippen LogP contribution >= 0.6 is 35.0 Å². The molecule has 1 heterocycles. The lowest BCUT2D eigenvalue weighted by molar-refractivity contribution is -0.113. The molecule has 0 bridgehead atoms. The van der Waals surface area contributed by atoms with E-state index < -0.39 is 5.97 Å². The summed E-state index contributed by atoms with van der Waals surface area (Å²) < 4.78 is 4.84. The molecule has 0 radical (unpaired) electrons. The van der Waals surface area contributed by atoms with Crippen LogP contribution < -0.4 is 5.32 Å². The van der Waals surface area contributed by atoms with Gasteiger partial charge in [0.1, 0.15) is 5.69 Å². The summed E-state index contributed by atoms with van der Waals surface area (Å²) in [7, 11) is 0. The maximum absolute atomic E-state index is 11.9. The van der Waals surface area contributed by atoms with Crippen molar-refractivity contribution in [3.8, 4) is 0 Å². The molecular weight excluding hydrogens is 361 g/mol. The first-order chi connectivity index (χ1) is 11.0. The van der Waals surface area contributed by atoms with Gasteiger partial charge in [-0.25, -0.2) is 9.78 Å². The number of hydrogen-bond acceptors (Lipinski definition) is 5. The number of aromatic nitrogens is 2. The van der Waals surface area contributed by atoms with Crippen LogP contribution in [-0.4, -0.2) is 34.2 Å². The monoisotopic (exact) mass is 373 g/mol. The van der Waals surface area contributed by atoms with E-state index in [1.54, 1.807) is 25.1 Å². The molecular formula is C14H13Cl2N3O3S. The van der Waals surface area contributed by atoms with Crippen LogP contribution in [0.15, 0.2) is 29.6 Å². The first-order valence-electron chi connectivity index (χ1n) is 6.59. The zero-order chi connectivity index (χ0) is 16.8. The smallest absolute Gasteiger partial charge is 0.356 e. The Morgan fingerprint density at radius 1 is 1.39 bits per heavy atom. The van der Waals surface area contributed by atoms with Crippen LogP contribution in [0.2, 0.25) is 10.0 Å². The topological polar surface area (TPSA) is 84.1 Å². The first kappa shape index (κ1) is 17.7. The number of nitrogens with one attached hydrogen (secondary N) is 2. The number of thioether (sulfide) groups is 1. The first-order valence-corrected chi connectivity index (χ1v) is 8.33. The van der Waals surface area contributed by atoms with Gasteiger partial charge in [0, 0.05) is 5.02 Å². The summed E-state index contributed by atoms with van der Waals surface area (Å²) in [5.74, 6) is -0.632. The number of hydrogen-bond donors (Lipinski definition) is 2. The Kier molecular flexibility index (Phi) is 6.32. The van der Waals surface area contributed by atoms with Crippen molar-refractivity contribution in [3.05, 3.63) is 40.1 Å². The lowest BCUT2D eigenvalue weighted by atomic mass is 10.3. The largest absolute Gasteiger partial charge is 0.461 e. The van der Waals surface area contributed by atoms with Gasteiger partial charge in [0.25, 0.3) is 0 Å². The van der Waals surface area contributed by atoms with Crippen molar-refractivity contribution in [2.75, 3.05) is 17.7 Å². The Balaban J connectivity index is 1.88. The lowest BCUT2D eigenvalue weighted by Gasteiger charge is -2.06. The number of nitrogens with zero attached hydrogens (tertiary/aromatic N) is 1. The number of rotatable bonds is 6. The maximum atomic E-state index is 11.9. The highest BCUT2D eigenvalue weighted by molar-refractivity contribution is 7.99. The molecule has 122 valence electrons. The highest BCUT2D eigenvalue weighted by Gasteiger charge is 2.12. The van der Waals surface area contributed by atoms with Crippen LogP contribution in [0.5, 0.6) is 0 Å². The molecule has 0 aliphatic heterocycles. The second-order valence-electron chi connectivity index (χ2n) is 4.28. The Morgan fingerprint density at radius 2 is 2.17 bits per heavy atom. The zero-order valence-corrected chi connectivity index (χ0v) is 14.4. The van der Waals surface area contributed by atoms with Gasteiger partial charge in [0.2, 0.25) is 5.91 Å². The third-order valence-electron chi connectivity index (χ3n) is 2.59. The van der Waals surface area contributed by atoms with Gasteiger partial charge in [-0.15, -0.1) is 0 Å². The molecule has 1 aromatic carbocycles. The predicted molar refractivity (Wildman–Crippen MR) is 90.4 cm³/mol. The summed E-state index contributed by atoms with van der Waals surface area (Å²) in [6, 6.07) is 4.80. The van der Waals surface area contributed by atoms with E-state index in [4.69, 9.17) is 27.9 Å². The van der Waals surface area contributed by atoms with Crippen LogP contribution in [0.4, 0.5) is 5.69 Å². The van der Waals surface area contributed by atoms with Gasteiger partial charge in [0.15, 0.2) is 5.16 Å². The van der Waals surface area contributed by atoms with Crippen LogP contribution in [0.1, 0.15) is 17.4 Å². The Morgan fingerprint density at radius 3 is 2.87 bits per heavy atom. The molecule has 2 aromatic rings. The molecule has 0 aliphatic rings. The quantitative estimate of drug-likeness (QED) is 0.596. The van der Waals surface area contributed by atoms with Gasteiger partial charge >= 0.3 is 5.97 Å². The van der Waals surface area contributed by atoms with Gasteiger partial charge in [-0.3, -0.25) is 4.79 Å². The number of halogens is 2. The van der Waals surface area contributed by atoms with Crippen LogP contribution in [-0.2, 0) is 9.53 Å². The summed E-state index contributed by atoms with van der Waals surface area (Å²) in [6.07, 6.45) is 1.37. The van der Waals surface area contributed by atoms with Gasteiger partial charge in [-0.1, -0.05) is 35.0 Å². The summed E-state index contributed by atoms with van der Waals surface area (Å²) in [5, 5.41) is 3.97. The summed E-state index contributed by atoms with van der Waals surface area (Å²) in [4.78, 5) is 30.2. The summed E-state index contributed by atoms with van der Waals surface area (Å²) in [6.45, 7) is 2.00. The number of carbonyl (C=O) groups is 2. The average Bonchev–Trinajstić information content (AvgIpc) is 2.97.